The molecule has 0 heterocycles. The van der Waals surface area contributed by atoms with Gasteiger partial charge in [0.2, 0.25) is 0 Å². The highest BCUT2D eigenvalue weighted by atomic mass is 16.6. The van der Waals surface area contributed by atoms with Crippen LogP contribution in [0.4, 0.5) is 5.69 Å². The van der Waals surface area contributed by atoms with Gasteiger partial charge in [0.05, 0.1) is 29.6 Å². The predicted octanol–water partition coefficient (Wildman–Crippen LogP) is 2.80. The fraction of sp³-hybridized carbons (Fsp3) is 0.500. The van der Waals surface area contributed by atoms with Crippen molar-refractivity contribution < 1.29 is 14.8 Å². The minimum Gasteiger partial charge on any atom is -0.487 e. The molecule has 0 bridgehead atoms. The van der Waals surface area contributed by atoms with Crippen molar-refractivity contribution in [3.8, 4) is 11.8 Å². The lowest BCUT2D eigenvalue weighted by Crippen LogP contribution is -2.10. The summed E-state index contributed by atoms with van der Waals surface area (Å²) in [5, 5.41) is 28.8. The Morgan fingerprint density at radius 2 is 2.20 bits per heavy atom. The van der Waals surface area contributed by atoms with Crippen LogP contribution in [0.2, 0.25) is 0 Å². The van der Waals surface area contributed by atoms with Gasteiger partial charge >= 0.3 is 5.69 Å². The number of rotatable bonds is 7. The van der Waals surface area contributed by atoms with Gasteiger partial charge in [-0.1, -0.05) is 6.07 Å². The number of hydrogen-bond acceptors (Lipinski definition) is 5. The van der Waals surface area contributed by atoms with Crippen LogP contribution in [0.15, 0.2) is 18.2 Å². The molecule has 0 spiro atoms. The van der Waals surface area contributed by atoms with Crippen molar-refractivity contribution in [1.29, 1.82) is 5.26 Å². The first kappa shape index (κ1) is 15.9. The summed E-state index contributed by atoms with van der Waals surface area (Å²) in [5.74, 6) is 0.182. The lowest BCUT2D eigenvalue weighted by atomic mass is 9.90. The lowest BCUT2D eigenvalue weighted by molar-refractivity contribution is -0.386. The van der Waals surface area contributed by atoms with Crippen molar-refractivity contribution in [2.75, 3.05) is 6.61 Å². The summed E-state index contributed by atoms with van der Waals surface area (Å²) in [6.07, 6.45) is 1.30. The number of nitrogens with zero attached hydrogens (tertiary/aromatic N) is 2. The fourth-order valence-electron chi connectivity index (χ4n) is 1.68. The van der Waals surface area contributed by atoms with Crippen molar-refractivity contribution in [3.63, 3.8) is 0 Å². The van der Waals surface area contributed by atoms with Crippen molar-refractivity contribution in [2.24, 2.45) is 5.41 Å². The van der Waals surface area contributed by atoms with E-state index in [9.17, 15) is 10.1 Å². The molecule has 108 valence electrons. The third kappa shape index (κ3) is 4.52. The van der Waals surface area contributed by atoms with E-state index < -0.39 is 10.3 Å². The van der Waals surface area contributed by atoms with Gasteiger partial charge in [-0.3, -0.25) is 10.1 Å². The molecule has 0 aliphatic rings. The Labute approximate surface area is 117 Å². The first-order chi connectivity index (χ1) is 9.39. The Morgan fingerprint density at radius 3 is 2.75 bits per heavy atom. The summed E-state index contributed by atoms with van der Waals surface area (Å²) in [4.78, 5) is 10.4. The molecule has 0 saturated carbocycles. The van der Waals surface area contributed by atoms with Gasteiger partial charge in [-0.05, 0) is 38.3 Å². The second kappa shape index (κ2) is 6.87. The largest absolute Gasteiger partial charge is 0.487 e. The molecule has 0 unspecified atom stereocenters. The third-order valence-corrected chi connectivity index (χ3v) is 2.91. The number of aliphatic hydroxyl groups excluding tert-OH is 1. The smallest absolute Gasteiger partial charge is 0.311 e. The molecule has 0 aromatic heterocycles. The number of benzene rings is 1. The molecule has 1 rings (SSSR count). The average molecular weight is 278 g/mol. The molecule has 0 saturated heterocycles. The molecule has 20 heavy (non-hydrogen) atoms. The Balaban J connectivity index is 2.65. The number of nitriles is 1. The molecule has 0 fully saturated rings. The number of hydrogen-bond donors (Lipinski definition) is 1. The molecule has 1 aromatic carbocycles. The third-order valence-electron chi connectivity index (χ3n) is 2.91. The monoisotopic (exact) mass is 278 g/mol. The zero-order valence-corrected chi connectivity index (χ0v) is 11.6. The number of ether oxygens (including phenoxy) is 1. The molecule has 0 radical (unpaired) electrons. The lowest BCUT2D eigenvalue weighted by Gasteiger charge is -2.14. The highest BCUT2D eigenvalue weighted by molar-refractivity contribution is 5.48. The molecular formula is C14H18N2O4. The van der Waals surface area contributed by atoms with E-state index in [0.717, 1.165) is 0 Å². The van der Waals surface area contributed by atoms with Crippen LogP contribution in [0.3, 0.4) is 0 Å². The van der Waals surface area contributed by atoms with Gasteiger partial charge in [0.1, 0.15) is 0 Å². The number of aliphatic hydroxyl groups is 1. The first-order valence-electron chi connectivity index (χ1n) is 6.32. The van der Waals surface area contributed by atoms with Gasteiger partial charge < -0.3 is 9.84 Å². The summed E-state index contributed by atoms with van der Waals surface area (Å²) in [6.45, 7) is 3.74. The Hall–Kier alpha value is -2.13. The molecule has 6 nitrogen and oxygen atoms in total. The van der Waals surface area contributed by atoms with Crippen molar-refractivity contribution in [2.45, 2.75) is 33.3 Å². The van der Waals surface area contributed by atoms with Crippen molar-refractivity contribution in [3.05, 3.63) is 33.9 Å². The summed E-state index contributed by atoms with van der Waals surface area (Å²) in [7, 11) is 0. The highest BCUT2D eigenvalue weighted by Gasteiger charge is 2.18. The van der Waals surface area contributed by atoms with E-state index in [1.165, 1.54) is 12.1 Å². The predicted molar refractivity (Wildman–Crippen MR) is 73.1 cm³/mol. The van der Waals surface area contributed by atoms with E-state index in [2.05, 4.69) is 6.07 Å². The molecular weight excluding hydrogens is 260 g/mol. The zero-order chi connectivity index (χ0) is 15.2. The normalized spacial score (nSPS) is 10.9. The fourth-order valence-corrected chi connectivity index (χ4v) is 1.68. The van der Waals surface area contributed by atoms with E-state index in [1.807, 2.05) is 13.8 Å². The minimum absolute atomic E-state index is 0.156. The van der Waals surface area contributed by atoms with E-state index in [0.29, 0.717) is 25.0 Å². The Morgan fingerprint density at radius 1 is 1.50 bits per heavy atom. The second-order valence-electron chi connectivity index (χ2n) is 5.17. The minimum atomic E-state index is -0.534. The van der Waals surface area contributed by atoms with Crippen LogP contribution in [0.1, 0.15) is 32.3 Å². The van der Waals surface area contributed by atoms with Gasteiger partial charge in [0.15, 0.2) is 5.75 Å². The maximum atomic E-state index is 10.9. The summed E-state index contributed by atoms with van der Waals surface area (Å²) in [6, 6.07) is 6.56. The van der Waals surface area contributed by atoms with Gasteiger partial charge in [0.25, 0.3) is 0 Å². The van der Waals surface area contributed by atoms with E-state index in [4.69, 9.17) is 15.1 Å². The molecule has 6 heteroatoms. The van der Waals surface area contributed by atoms with Crippen LogP contribution in [0.25, 0.3) is 0 Å². The van der Waals surface area contributed by atoms with Gasteiger partial charge in [-0.25, -0.2) is 0 Å². The molecule has 0 atom stereocenters. The standard InChI is InChI=1S/C14H18N2O4/c1-14(2,10-15)6-3-7-20-13-5-4-11(9-17)8-12(13)16(18)19/h4-5,8,17H,3,6-7,9H2,1-2H3. The van der Waals surface area contributed by atoms with E-state index >= 15 is 0 Å². The molecule has 1 N–H and O–H groups in total. The summed E-state index contributed by atoms with van der Waals surface area (Å²) in [5.41, 5.74) is -0.110. The van der Waals surface area contributed by atoms with Crippen LogP contribution in [-0.4, -0.2) is 16.6 Å². The molecule has 0 amide bonds. The second-order valence-corrected chi connectivity index (χ2v) is 5.17. The summed E-state index contributed by atoms with van der Waals surface area (Å²) >= 11 is 0. The number of nitro groups is 1. The maximum Gasteiger partial charge on any atom is 0.311 e. The first-order valence-corrected chi connectivity index (χ1v) is 6.32. The van der Waals surface area contributed by atoms with E-state index in [-0.39, 0.29) is 18.0 Å². The topological polar surface area (TPSA) is 96.4 Å². The van der Waals surface area contributed by atoms with Crippen LogP contribution in [-0.2, 0) is 6.61 Å². The molecule has 0 aliphatic heterocycles. The van der Waals surface area contributed by atoms with Gasteiger partial charge in [-0.15, -0.1) is 0 Å². The van der Waals surface area contributed by atoms with Gasteiger partial charge in [-0.2, -0.15) is 5.26 Å². The number of nitro benzene ring substituents is 1. The van der Waals surface area contributed by atoms with Crippen molar-refractivity contribution in [1.82, 2.24) is 0 Å². The summed E-state index contributed by atoms with van der Waals surface area (Å²) < 4.78 is 5.41. The van der Waals surface area contributed by atoms with E-state index in [1.54, 1.807) is 6.07 Å². The molecule has 0 aliphatic carbocycles. The van der Waals surface area contributed by atoms with Crippen LogP contribution >= 0.6 is 0 Å². The van der Waals surface area contributed by atoms with Gasteiger partial charge in [0, 0.05) is 6.07 Å². The highest BCUT2D eigenvalue weighted by Crippen LogP contribution is 2.28. The molecule has 1 aromatic rings. The Bertz CT molecular complexity index is 520. The Kier molecular flexibility index (Phi) is 5.47. The van der Waals surface area contributed by atoms with Crippen LogP contribution in [0, 0.1) is 26.9 Å². The maximum absolute atomic E-state index is 10.9. The quantitative estimate of drug-likeness (QED) is 0.470. The average Bonchev–Trinajstić information content (AvgIpc) is 2.43. The van der Waals surface area contributed by atoms with Crippen LogP contribution < -0.4 is 4.74 Å². The zero-order valence-electron chi connectivity index (χ0n) is 11.6. The van der Waals surface area contributed by atoms with Crippen LogP contribution in [0.5, 0.6) is 5.75 Å². The SMILES string of the molecule is CC(C)(C#N)CCCOc1ccc(CO)cc1[N+](=O)[O-]. The van der Waals surface area contributed by atoms with Crippen molar-refractivity contribution >= 4 is 5.69 Å².